The number of hydrogen-bond acceptors (Lipinski definition) is 3. The van der Waals surface area contributed by atoms with Crippen molar-refractivity contribution in [2.24, 2.45) is 0 Å². The largest absolute Gasteiger partial charge is 0.480 e. The van der Waals surface area contributed by atoms with Crippen molar-refractivity contribution in [3.05, 3.63) is 0 Å². The van der Waals surface area contributed by atoms with Crippen LogP contribution in [0, 0.1) is 0 Å². The van der Waals surface area contributed by atoms with Gasteiger partial charge in [-0.15, -0.1) is 0 Å². The number of carboxylic acids is 1. The van der Waals surface area contributed by atoms with Gasteiger partial charge in [-0.1, -0.05) is 13.3 Å². The molecule has 0 aromatic carbocycles. The lowest BCUT2D eigenvalue weighted by Crippen LogP contribution is -2.50. The lowest BCUT2D eigenvalue weighted by Gasteiger charge is -2.34. The molecule has 0 bridgehead atoms. The van der Waals surface area contributed by atoms with Crippen LogP contribution in [0.4, 0.5) is 0 Å². The lowest BCUT2D eigenvalue weighted by atomic mass is 9.90. The number of ether oxygens (including phenoxy) is 1. The minimum absolute atomic E-state index is 0.595. The Morgan fingerprint density at radius 3 is 2.88 bits per heavy atom. The third-order valence-corrected chi connectivity index (χ3v) is 3.46. The number of likely N-dealkylation sites (tertiary alicyclic amines) is 1. The maximum Gasteiger partial charge on any atom is 0.324 e. The van der Waals surface area contributed by atoms with E-state index in [9.17, 15) is 9.90 Å². The summed E-state index contributed by atoms with van der Waals surface area (Å²) in [7, 11) is 1.68. The third-order valence-electron chi connectivity index (χ3n) is 3.46. The van der Waals surface area contributed by atoms with Crippen LogP contribution in [0.3, 0.4) is 0 Å². The van der Waals surface area contributed by atoms with E-state index in [0.717, 1.165) is 45.2 Å². The molecule has 4 nitrogen and oxygen atoms in total. The quantitative estimate of drug-likeness (QED) is 0.676. The van der Waals surface area contributed by atoms with E-state index in [4.69, 9.17) is 4.74 Å². The number of carbonyl (C=O) groups is 1. The van der Waals surface area contributed by atoms with Crippen LogP contribution >= 0.6 is 0 Å². The van der Waals surface area contributed by atoms with Crippen LogP contribution in [-0.4, -0.2) is 48.3 Å². The van der Waals surface area contributed by atoms with Gasteiger partial charge in [0.25, 0.3) is 0 Å². The zero-order valence-electron chi connectivity index (χ0n) is 10.4. The molecule has 0 radical (unpaired) electrons. The number of carboxylic acid groups (broad SMARTS) is 1. The molecule has 1 atom stereocenters. The molecular weight excluding hydrogens is 206 g/mol. The van der Waals surface area contributed by atoms with E-state index in [1.807, 2.05) is 0 Å². The van der Waals surface area contributed by atoms with Crippen molar-refractivity contribution in [2.75, 3.05) is 26.8 Å². The molecule has 1 fully saturated rings. The molecule has 0 spiro atoms. The van der Waals surface area contributed by atoms with Gasteiger partial charge in [-0.3, -0.25) is 9.69 Å². The minimum atomic E-state index is -0.649. The number of nitrogens with zero attached hydrogens (tertiary/aromatic N) is 1. The highest BCUT2D eigenvalue weighted by atomic mass is 16.5. The van der Waals surface area contributed by atoms with Gasteiger partial charge < -0.3 is 9.84 Å². The van der Waals surface area contributed by atoms with E-state index in [1.54, 1.807) is 7.11 Å². The zero-order chi connectivity index (χ0) is 12.0. The highest BCUT2D eigenvalue weighted by Crippen LogP contribution is 2.33. The van der Waals surface area contributed by atoms with Crippen LogP contribution in [0.1, 0.15) is 39.0 Å². The Hall–Kier alpha value is -0.610. The van der Waals surface area contributed by atoms with Crippen LogP contribution in [-0.2, 0) is 9.53 Å². The van der Waals surface area contributed by atoms with Gasteiger partial charge in [-0.25, -0.2) is 0 Å². The smallest absolute Gasteiger partial charge is 0.324 e. The Bertz CT molecular complexity index is 232. The number of aliphatic carboxylic acids is 1. The van der Waals surface area contributed by atoms with Gasteiger partial charge in [0.05, 0.1) is 0 Å². The summed E-state index contributed by atoms with van der Waals surface area (Å²) in [6.45, 7) is 4.50. The van der Waals surface area contributed by atoms with E-state index >= 15 is 0 Å². The first-order valence-corrected chi connectivity index (χ1v) is 6.14. The minimum Gasteiger partial charge on any atom is -0.480 e. The van der Waals surface area contributed by atoms with Crippen LogP contribution in [0.5, 0.6) is 0 Å². The first kappa shape index (κ1) is 13.5. The molecular formula is C12H23NO3. The second kappa shape index (κ2) is 6.21. The second-order valence-electron chi connectivity index (χ2n) is 4.52. The molecule has 1 saturated heterocycles. The Labute approximate surface area is 97.6 Å². The first-order valence-electron chi connectivity index (χ1n) is 6.14. The Morgan fingerprint density at radius 1 is 1.56 bits per heavy atom. The van der Waals surface area contributed by atoms with Gasteiger partial charge in [-0.2, -0.15) is 0 Å². The molecule has 0 saturated carbocycles. The molecule has 1 aliphatic heterocycles. The van der Waals surface area contributed by atoms with Crippen molar-refractivity contribution in [3.8, 4) is 0 Å². The highest BCUT2D eigenvalue weighted by molar-refractivity contribution is 5.79. The van der Waals surface area contributed by atoms with Gasteiger partial charge in [0.15, 0.2) is 0 Å². The summed E-state index contributed by atoms with van der Waals surface area (Å²) in [5, 5.41) is 9.45. The lowest BCUT2D eigenvalue weighted by molar-refractivity contribution is -0.150. The van der Waals surface area contributed by atoms with E-state index < -0.39 is 11.5 Å². The van der Waals surface area contributed by atoms with E-state index in [0.29, 0.717) is 6.61 Å². The molecule has 0 aliphatic carbocycles. The average molecular weight is 229 g/mol. The Balaban J connectivity index is 2.62. The fraction of sp³-hybridized carbons (Fsp3) is 0.917. The fourth-order valence-corrected chi connectivity index (χ4v) is 2.71. The van der Waals surface area contributed by atoms with Gasteiger partial charge in [0, 0.05) is 20.3 Å². The molecule has 0 aromatic heterocycles. The summed E-state index contributed by atoms with van der Waals surface area (Å²) < 4.78 is 5.02. The topological polar surface area (TPSA) is 49.8 Å². The van der Waals surface area contributed by atoms with Crippen molar-refractivity contribution >= 4 is 5.97 Å². The van der Waals surface area contributed by atoms with Gasteiger partial charge in [0.2, 0.25) is 0 Å². The van der Waals surface area contributed by atoms with Crippen molar-refractivity contribution < 1.29 is 14.6 Å². The van der Waals surface area contributed by atoms with Gasteiger partial charge in [-0.05, 0) is 32.2 Å². The van der Waals surface area contributed by atoms with Crippen molar-refractivity contribution in [1.82, 2.24) is 4.90 Å². The molecule has 1 aliphatic rings. The average Bonchev–Trinajstić information content (AvgIpc) is 2.64. The zero-order valence-corrected chi connectivity index (χ0v) is 10.4. The Kier molecular flexibility index (Phi) is 5.22. The summed E-state index contributed by atoms with van der Waals surface area (Å²) in [5.74, 6) is -0.649. The maximum absolute atomic E-state index is 11.5. The molecule has 1 rings (SSSR count). The van der Waals surface area contributed by atoms with E-state index in [2.05, 4.69) is 11.8 Å². The highest BCUT2D eigenvalue weighted by Gasteiger charge is 2.46. The molecule has 0 aromatic rings. The van der Waals surface area contributed by atoms with Crippen LogP contribution in [0.25, 0.3) is 0 Å². The molecule has 1 unspecified atom stereocenters. The predicted molar refractivity (Wildman–Crippen MR) is 62.6 cm³/mol. The molecule has 94 valence electrons. The number of methoxy groups -OCH3 is 1. The number of rotatable bonds is 7. The predicted octanol–water partition coefficient (Wildman–Crippen LogP) is 1.74. The maximum atomic E-state index is 11.5. The third kappa shape index (κ3) is 2.74. The molecule has 16 heavy (non-hydrogen) atoms. The molecule has 1 N–H and O–H groups in total. The van der Waals surface area contributed by atoms with Crippen LogP contribution in [0.2, 0.25) is 0 Å². The summed E-state index contributed by atoms with van der Waals surface area (Å²) in [4.78, 5) is 13.6. The molecule has 4 heteroatoms. The number of hydrogen-bond donors (Lipinski definition) is 1. The van der Waals surface area contributed by atoms with Crippen LogP contribution in [0.15, 0.2) is 0 Å². The van der Waals surface area contributed by atoms with Crippen molar-refractivity contribution in [1.29, 1.82) is 0 Å². The summed E-state index contributed by atoms with van der Waals surface area (Å²) in [5.41, 5.74) is -0.595. The van der Waals surface area contributed by atoms with E-state index in [1.165, 1.54) is 0 Å². The van der Waals surface area contributed by atoms with Crippen LogP contribution < -0.4 is 0 Å². The second-order valence-corrected chi connectivity index (χ2v) is 4.52. The van der Waals surface area contributed by atoms with E-state index in [-0.39, 0.29) is 0 Å². The summed E-state index contributed by atoms with van der Waals surface area (Å²) in [6.07, 6.45) is 4.39. The molecule has 1 heterocycles. The summed E-state index contributed by atoms with van der Waals surface area (Å²) >= 11 is 0. The Morgan fingerprint density at radius 2 is 2.31 bits per heavy atom. The monoisotopic (exact) mass is 229 g/mol. The van der Waals surface area contributed by atoms with Gasteiger partial charge >= 0.3 is 5.97 Å². The normalized spacial score (nSPS) is 26.1. The van der Waals surface area contributed by atoms with Gasteiger partial charge in [0.1, 0.15) is 5.54 Å². The fourth-order valence-electron chi connectivity index (χ4n) is 2.71. The SMILES string of the molecule is CCCC1(C(=O)O)CCCN1CCCOC. The summed E-state index contributed by atoms with van der Waals surface area (Å²) in [6, 6.07) is 0. The van der Waals surface area contributed by atoms with Crippen molar-refractivity contribution in [2.45, 2.75) is 44.6 Å². The molecule has 0 amide bonds. The first-order chi connectivity index (χ1) is 7.67. The standard InChI is InChI=1S/C12H23NO3/c1-3-6-12(11(14)15)7-4-8-13(12)9-5-10-16-2/h3-10H2,1-2H3,(H,14,15). The van der Waals surface area contributed by atoms with Crippen molar-refractivity contribution in [3.63, 3.8) is 0 Å².